The number of hydrogen-bond acceptors (Lipinski definition) is 7. The van der Waals surface area contributed by atoms with Crippen LogP contribution >= 0.6 is 11.5 Å². The van der Waals surface area contributed by atoms with E-state index in [1.807, 2.05) is 18.3 Å². The summed E-state index contributed by atoms with van der Waals surface area (Å²) in [6.07, 6.45) is 2.85. The number of aromatic nitrogens is 3. The van der Waals surface area contributed by atoms with E-state index in [2.05, 4.69) is 30.2 Å². The average molecular weight is 399 g/mol. The van der Waals surface area contributed by atoms with Crippen molar-refractivity contribution in [1.29, 1.82) is 0 Å². The smallest absolute Gasteiger partial charge is 0.212 e. The SMILES string of the molecule is COc1ccc(CCN2CCN(c3nc(-c4cccc(F)c4)ns3)CC2)cn1. The molecule has 0 saturated carbocycles. The highest BCUT2D eigenvalue weighted by molar-refractivity contribution is 7.09. The fourth-order valence-electron chi connectivity index (χ4n) is 3.22. The Morgan fingerprint density at radius 2 is 2.00 bits per heavy atom. The Morgan fingerprint density at radius 1 is 1.14 bits per heavy atom. The molecule has 1 aliphatic heterocycles. The van der Waals surface area contributed by atoms with Crippen molar-refractivity contribution in [3.63, 3.8) is 0 Å². The molecule has 0 spiro atoms. The van der Waals surface area contributed by atoms with Gasteiger partial charge >= 0.3 is 0 Å². The first-order valence-corrected chi connectivity index (χ1v) is 10.0. The van der Waals surface area contributed by atoms with Crippen molar-refractivity contribution in [1.82, 2.24) is 19.2 Å². The van der Waals surface area contributed by atoms with Gasteiger partial charge in [0.2, 0.25) is 11.0 Å². The molecule has 28 heavy (non-hydrogen) atoms. The van der Waals surface area contributed by atoms with Crippen molar-refractivity contribution in [3.8, 4) is 17.3 Å². The zero-order valence-electron chi connectivity index (χ0n) is 15.7. The predicted octanol–water partition coefficient (Wildman–Crippen LogP) is 3.11. The monoisotopic (exact) mass is 399 g/mol. The third kappa shape index (κ3) is 4.45. The summed E-state index contributed by atoms with van der Waals surface area (Å²) in [5, 5.41) is 0.901. The molecule has 4 rings (SSSR count). The molecule has 1 aromatic carbocycles. The van der Waals surface area contributed by atoms with E-state index in [1.165, 1.54) is 29.2 Å². The minimum atomic E-state index is -0.269. The van der Waals surface area contributed by atoms with Crippen molar-refractivity contribution < 1.29 is 9.13 Å². The molecule has 0 N–H and O–H groups in total. The molecule has 0 aliphatic carbocycles. The summed E-state index contributed by atoms with van der Waals surface area (Å²) in [6, 6.07) is 10.4. The van der Waals surface area contributed by atoms with Crippen LogP contribution in [-0.2, 0) is 6.42 Å². The highest BCUT2D eigenvalue weighted by Crippen LogP contribution is 2.25. The van der Waals surface area contributed by atoms with Crippen molar-refractivity contribution in [3.05, 3.63) is 54.0 Å². The van der Waals surface area contributed by atoms with Crippen LogP contribution in [0.4, 0.5) is 9.52 Å². The van der Waals surface area contributed by atoms with E-state index in [9.17, 15) is 4.39 Å². The van der Waals surface area contributed by atoms with Crippen LogP contribution in [-0.4, -0.2) is 59.1 Å². The zero-order chi connectivity index (χ0) is 19.3. The zero-order valence-corrected chi connectivity index (χ0v) is 16.5. The lowest BCUT2D eigenvalue weighted by Gasteiger charge is -2.34. The van der Waals surface area contributed by atoms with E-state index in [1.54, 1.807) is 13.2 Å². The first-order valence-electron chi connectivity index (χ1n) is 9.27. The number of ether oxygens (including phenoxy) is 1. The van der Waals surface area contributed by atoms with Crippen molar-refractivity contribution >= 4 is 16.7 Å². The number of halogens is 1. The number of rotatable bonds is 6. The highest BCUT2D eigenvalue weighted by Gasteiger charge is 2.20. The van der Waals surface area contributed by atoms with Crippen LogP contribution in [0.2, 0.25) is 0 Å². The molecule has 146 valence electrons. The summed E-state index contributed by atoms with van der Waals surface area (Å²) in [7, 11) is 1.63. The number of pyridine rings is 1. The Bertz CT molecular complexity index is 909. The van der Waals surface area contributed by atoms with Gasteiger partial charge in [0, 0.05) is 62.1 Å². The number of piperazine rings is 1. The van der Waals surface area contributed by atoms with Crippen LogP contribution in [0.5, 0.6) is 5.88 Å². The first-order chi connectivity index (χ1) is 13.7. The van der Waals surface area contributed by atoms with Crippen LogP contribution in [0.15, 0.2) is 42.6 Å². The second-order valence-electron chi connectivity index (χ2n) is 6.70. The van der Waals surface area contributed by atoms with Gasteiger partial charge in [-0.2, -0.15) is 9.36 Å². The molecule has 1 fully saturated rings. The second-order valence-corrected chi connectivity index (χ2v) is 7.43. The predicted molar refractivity (Wildman–Crippen MR) is 108 cm³/mol. The molecule has 2 aromatic heterocycles. The Hall–Kier alpha value is -2.58. The molecule has 0 radical (unpaired) electrons. The van der Waals surface area contributed by atoms with Gasteiger partial charge in [0.1, 0.15) is 5.82 Å². The number of nitrogens with zero attached hydrogens (tertiary/aromatic N) is 5. The molecule has 3 aromatic rings. The average Bonchev–Trinajstić information content (AvgIpc) is 3.23. The molecule has 8 heteroatoms. The topological polar surface area (TPSA) is 54.4 Å². The van der Waals surface area contributed by atoms with Crippen LogP contribution in [0.3, 0.4) is 0 Å². The summed E-state index contributed by atoms with van der Waals surface area (Å²) in [4.78, 5) is 13.6. The van der Waals surface area contributed by atoms with Gasteiger partial charge < -0.3 is 9.64 Å². The lowest BCUT2D eigenvalue weighted by atomic mass is 10.2. The molecule has 0 atom stereocenters. The second kappa shape index (κ2) is 8.62. The summed E-state index contributed by atoms with van der Waals surface area (Å²) in [5.41, 5.74) is 1.93. The maximum absolute atomic E-state index is 13.4. The van der Waals surface area contributed by atoms with Crippen LogP contribution in [0, 0.1) is 5.82 Å². The molecule has 6 nitrogen and oxygen atoms in total. The Balaban J connectivity index is 1.29. The van der Waals surface area contributed by atoms with E-state index in [-0.39, 0.29) is 5.82 Å². The maximum Gasteiger partial charge on any atom is 0.212 e. The van der Waals surface area contributed by atoms with Crippen molar-refractivity contribution in [2.45, 2.75) is 6.42 Å². The van der Waals surface area contributed by atoms with E-state index in [0.29, 0.717) is 17.3 Å². The number of methoxy groups -OCH3 is 1. The highest BCUT2D eigenvalue weighted by atomic mass is 32.1. The third-order valence-electron chi connectivity index (χ3n) is 4.86. The van der Waals surface area contributed by atoms with Gasteiger partial charge in [-0.15, -0.1) is 0 Å². The first kappa shape index (κ1) is 18.8. The Kier molecular flexibility index (Phi) is 5.78. The van der Waals surface area contributed by atoms with Crippen LogP contribution in [0.1, 0.15) is 5.56 Å². The van der Waals surface area contributed by atoms with Crippen molar-refractivity contribution in [2.75, 3.05) is 44.7 Å². The third-order valence-corrected chi connectivity index (χ3v) is 5.64. The standard InChI is InChI=1S/C20H22FN5OS/c1-27-18-6-5-15(14-22-18)7-8-25-9-11-26(12-10-25)20-23-19(24-28-20)16-3-2-4-17(21)13-16/h2-6,13-14H,7-12H2,1H3. The summed E-state index contributed by atoms with van der Waals surface area (Å²) in [6.45, 7) is 4.81. The van der Waals surface area contributed by atoms with E-state index in [4.69, 9.17) is 4.74 Å². The van der Waals surface area contributed by atoms with E-state index in [0.717, 1.165) is 44.3 Å². The van der Waals surface area contributed by atoms with Gasteiger partial charge in [-0.1, -0.05) is 18.2 Å². The minimum Gasteiger partial charge on any atom is -0.481 e. The van der Waals surface area contributed by atoms with Gasteiger partial charge in [0.15, 0.2) is 5.82 Å². The van der Waals surface area contributed by atoms with Gasteiger partial charge in [0.25, 0.3) is 0 Å². The number of benzene rings is 1. The lowest BCUT2D eigenvalue weighted by Crippen LogP contribution is -2.47. The lowest BCUT2D eigenvalue weighted by molar-refractivity contribution is 0.261. The van der Waals surface area contributed by atoms with Crippen LogP contribution < -0.4 is 9.64 Å². The van der Waals surface area contributed by atoms with Gasteiger partial charge in [-0.25, -0.2) is 9.37 Å². The molecule has 0 unspecified atom stereocenters. The fraction of sp³-hybridized carbons (Fsp3) is 0.350. The number of hydrogen-bond donors (Lipinski definition) is 0. The molecular weight excluding hydrogens is 377 g/mol. The van der Waals surface area contributed by atoms with Crippen molar-refractivity contribution in [2.24, 2.45) is 0 Å². The molecule has 0 bridgehead atoms. The molecule has 3 heterocycles. The number of anilines is 1. The normalized spacial score (nSPS) is 15.0. The molecule has 1 saturated heterocycles. The minimum absolute atomic E-state index is 0.269. The molecular formula is C20H22FN5OS. The quantitative estimate of drug-likeness (QED) is 0.635. The van der Waals surface area contributed by atoms with Crippen LogP contribution in [0.25, 0.3) is 11.4 Å². The summed E-state index contributed by atoms with van der Waals surface area (Å²) < 4.78 is 22.9. The largest absolute Gasteiger partial charge is 0.481 e. The van der Waals surface area contributed by atoms with E-state index < -0.39 is 0 Å². The molecule has 1 aliphatic rings. The maximum atomic E-state index is 13.4. The Labute approximate surface area is 167 Å². The summed E-state index contributed by atoms with van der Waals surface area (Å²) in [5.74, 6) is 0.968. The van der Waals surface area contributed by atoms with Gasteiger partial charge in [-0.05, 0) is 24.1 Å². The summed E-state index contributed by atoms with van der Waals surface area (Å²) >= 11 is 1.38. The fourth-order valence-corrected chi connectivity index (χ4v) is 3.96. The molecule has 0 amide bonds. The van der Waals surface area contributed by atoms with Gasteiger partial charge in [-0.3, -0.25) is 4.90 Å². The van der Waals surface area contributed by atoms with E-state index >= 15 is 0 Å². The Morgan fingerprint density at radius 3 is 2.71 bits per heavy atom. The van der Waals surface area contributed by atoms with Gasteiger partial charge in [0.05, 0.1) is 7.11 Å².